The second kappa shape index (κ2) is 9.85. The molecule has 3 aromatic heterocycles. The summed E-state index contributed by atoms with van der Waals surface area (Å²) in [5.41, 5.74) is 5.70. The number of nitrogens with zero attached hydrogens (tertiary/aromatic N) is 6. The van der Waals surface area contributed by atoms with Gasteiger partial charge in [-0.1, -0.05) is 6.08 Å². The van der Waals surface area contributed by atoms with Crippen molar-refractivity contribution in [1.29, 1.82) is 0 Å². The number of imidazole rings is 1. The fourth-order valence-corrected chi connectivity index (χ4v) is 4.47. The van der Waals surface area contributed by atoms with Crippen LogP contribution in [0.1, 0.15) is 32.9 Å². The molecule has 37 heavy (non-hydrogen) atoms. The van der Waals surface area contributed by atoms with Gasteiger partial charge in [-0.2, -0.15) is 0 Å². The molecule has 10 heteroatoms. The van der Waals surface area contributed by atoms with Crippen LogP contribution >= 0.6 is 0 Å². The third kappa shape index (κ3) is 5.59. The third-order valence-corrected chi connectivity index (χ3v) is 6.42. The van der Waals surface area contributed by atoms with Gasteiger partial charge in [0.05, 0.1) is 22.7 Å². The van der Waals surface area contributed by atoms with Crippen LogP contribution in [0.5, 0.6) is 0 Å². The van der Waals surface area contributed by atoms with Gasteiger partial charge < -0.3 is 30.0 Å². The lowest BCUT2D eigenvalue weighted by molar-refractivity contribution is 0.193. The minimum Gasteiger partial charge on any atom is -0.340 e. The van der Waals surface area contributed by atoms with Gasteiger partial charge in [0.25, 0.3) is 0 Å². The van der Waals surface area contributed by atoms with Crippen molar-refractivity contribution in [3.63, 3.8) is 0 Å². The predicted octanol–water partition coefficient (Wildman–Crippen LogP) is 4.21. The van der Waals surface area contributed by atoms with Gasteiger partial charge in [-0.05, 0) is 71.1 Å². The maximum Gasteiger partial charge on any atom is 0.318 e. The van der Waals surface area contributed by atoms with Gasteiger partial charge in [-0.15, -0.1) is 0 Å². The van der Waals surface area contributed by atoms with Crippen molar-refractivity contribution in [2.75, 3.05) is 39.0 Å². The number of fused-ring (bicyclic) bond motifs is 2. The fraction of sp³-hybridized carbons (Fsp3) is 0.407. The Hall–Kier alpha value is -3.92. The highest BCUT2D eigenvalue weighted by Gasteiger charge is 2.22. The number of likely N-dealkylation sites (N-methyl/N-ethyl adjacent to an activating group) is 1. The lowest BCUT2D eigenvalue weighted by Crippen LogP contribution is -2.49. The number of nitrogens with one attached hydrogen (secondary N) is 3. The number of carbonyl (C=O) groups excluding carboxylic acids is 1. The Morgan fingerprint density at radius 3 is 2.73 bits per heavy atom. The molecular weight excluding hydrogens is 466 g/mol. The summed E-state index contributed by atoms with van der Waals surface area (Å²) in [5, 5.41) is 7.44. The molecule has 0 spiro atoms. The molecular formula is C27H35N9O. The highest BCUT2D eigenvalue weighted by atomic mass is 16.2. The molecule has 0 atom stereocenters. The molecule has 1 aromatic carbocycles. The Labute approximate surface area is 216 Å². The first-order valence-corrected chi connectivity index (χ1v) is 12.6. The molecule has 0 radical (unpaired) electrons. The van der Waals surface area contributed by atoms with E-state index in [1.165, 1.54) is 5.57 Å². The van der Waals surface area contributed by atoms with Crippen molar-refractivity contribution in [2.45, 2.75) is 39.3 Å². The van der Waals surface area contributed by atoms with Gasteiger partial charge in [0.2, 0.25) is 0 Å². The van der Waals surface area contributed by atoms with Crippen LogP contribution in [0.3, 0.4) is 0 Å². The van der Waals surface area contributed by atoms with Crippen LogP contribution in [-0.4, -0.2) is 79.6 Å². The molecule has 0 saturated heterocycles. The SMILES string of the molecule is CN(C)CCn1cnc2ccc(Nc3ncnc4[nH]c(C5=CCN(C(=O)NC(C)(C)C)CC5)cc34)cc21. The molecule has 4 heterocycles. The number of rotatable bonds is 6. The summed E-state index contributed by atoms with van der Waals surface area (Å²) >= 11 is 0. The lowest BCUT2D eigenvalue weighted by atomic mass is 10.0. The fourth-order valence-electron chi connectivity index (χ4n) is 4.47. The molecule has 194 valence electrons. The van der Waals surface area contributed by atoms with Crippen molar-refractivity contribution in [3.05, 3.63) is 48.7 Å². The van der Waals surface area contributed by atoms with Crippen molar-refractivity contribution in [2.24, 2.45) is 0 Å². The number of anilines is 2. The zero-order valence-corrected chi connectivity index (χ0v) is 22.2. The van der Waals surface area contributed by atoms with Crippen LogP contribution in [0.25, 0.3) is 27.6 Å². The lowest BCUT2D eigenvalue weighted by Gasteiger charge is -2.30. The smallest absolute Gasteiger partial charge is 0.318 e. The minimum absolute atomic E-state index is 0.0307. The first-order valence-electron chi connectivity index (χ1n) is 12.6. The summed E-state index contributed by atoms with van der Waals surface area (Å²) in [6, 6.07) is 8.22. The Balaban J connectivity index is 1.35. The average Bonchev–Trinajstić information content (AvgIpc) is 3.46. The van der Waals surface area contributed by atoms with E-state index >= 15 is 0 Å². The highest BCUT2D eigenvalue weighted by molar-refractivity contribution is 5.93. The van der Waals surface area contributed by atoms with Crippen molar-refractivity contribution >= 4 is 45.2 Å². The molecule has 2 amide bonds. The summed E-state index contributed by atoms with van der Waals surface area (Å²) in [6.45, 7) is 9.03. The minimum atomic E-state index is -0.253. The second-order valence-electron chi connectivity index (χ2n) is 10.8. The number of aromatic nitrogens is 5. The van der Waals surface area contributed by atoms with E-state index in [1.54, 1.807) is 6.33 Å². The number of amides is 2. The van der Waals surface area contributed by atoms with E-state index in [1.807, 2.05) is 44.1 Å². The molecule has 3 N–H and O–H groups in total. The van der Waals surface area contributed by atoms with Crippen molar-refractivity contribution in [1.82, 2.24) is 39.6 Å². The third-order valence-electron chi connectivity index (χ3n) is 6.42. The zero-order valence-electron chi connectivity index (χ0n) is 22.2. The molecule has 0 aliphatic carbocycles. The van der Waals surface area contributed by atoms with Crippen molar-refractivity contribution in [3.8, 4) is 0 Å². The maximum atomic E-state index is 12.5. The standard InChI is InChI=1S/C27H35N9O/c1-27(2,3)33-26(37)35-10-8-18(9-11-35)22-15-20-24(28-16-29-25(20)32-22)31-19-6-7-21-23(14-19)36(17-30-21)13-12-34(4)5/h6-8,14-17H,9-13H2,1-5H3,(H,33,37)(H2,28,29,31,32). The summed E-state index contributed by atoms with van der Waals surface area (Å²) in [4.78, 5) is 33.5. The van der Waals surface area contributed by atoms with Crippen LogP contribution < -0.4 is 10.6 Å². The Kier molecular flexibility index (Phi) is 6.59. The summed E-state index contributed by atoms with van der Waals surface area (Å²) in [7, 11) is 4.14. The molecule has 4 aromatic rings. The Bertz CT molecular complexity index is 1460. The zero-order chi connectivity index (χ0) is 26.2. The number of carbonyl (C=O) groups is 1. The van der Waals surface area contributed by atoms with Gasteiger partial charge in [0, 0.05) is 43.1 Å². The van der Waals surface area contributed by atoms with E-state index < -0.39 is 0 Å². The molecule has 5 rings (SSSR count). The van der Waals surface area contributed by atoms with E-state index in [0.717, 1.165) is 58.8 Å². The van der Waals surface area contributed by atoms with E-state index in [4.69, 9.17) is 0 Å². The van der Waals surface area contributed by atoms with Crippen LogP contribution in [0.4, 0.5) is 16.3 Å². The number of urea groups is 1. The maximum absolute atomic E-state index is 12.5. The summed E-state index contributed by atoms with van der Waals surface area (Å²) in [6.07, 6.45) is 6.34. The number of aromatic amines is 1. The van der Waals surface area contributed by atoms with Crippen molar-refractivity contribution < 1.29 is 4.79 Å². The van der Waals surface area contributed by atoms with Gasteiger partial charge in [-0.3, -0.25) is 0 Å². The average molecular weight is 502 g/mol. The molecule has 0 fully saturated rings. The first kappa shape index (κ1) is 24.8. The second-order valence-corrected chi connectivity index (χ2v) is 10.8. The predicted molar refractivity (Wildman–Crippen MR) is 148 cm³/mol. The topological polar surface area (TPSA) is 107 Å². The summed E-state index contributed by atoms with van der Waals surface area (Å²) < 4.78 is 2.17. The van der Waals surface area contributed by atoms with E-state index in [9.17, 15) is 4.79 Å². The van der Waals surface area contributed by atoms with Gasteiger partial charge in [0.1, 0.15) is 17.8 Å². The molecule has 10 nitrogen and oxygen atoms in total. The number of hydrogen-bond donors (Lipinski definition) is 3. The first-order chi connectivity index (χ1) is 17.7. The molecule has 1 aliphatic heterocycles. The highest BCUT2D eigenvalue weighted by Crippen LogP contribution is 2.30. The molecule has 0 bridgehead atoms. The van der Waals surface area contributed by atoms with E-state index in [2.05, 4.69) is 72.3 Å². The largest absolute Gasteiger partial charge is 0.340 e. The van der Waals surface area contributed by atoms with Gasteiger partial charge >= 0.3 is 6.03 Å². The monoisotopic (exact) mass is 501 g/mol. The van der Waals surface area contributed by atoms with Crippen LogP contribution in [0.15, 0.2) is 43.0 Å². The van der Waals surface area contributed by atoms with Crippen LogP contribution in [0.2, 0.25) is 0 Å². The number of benzene rings is 1. The van der Waals surface area contributed by atoms with Gasteiger partial charge in [0.15, 0.2) is 0 Å². The van der Waals surface area contributed by atoms with Crippen LogP contribution in [-0.2, 0) is 6.54 Å². The Morgan fingerprint density at radius 2 is 2.00 bits per heavy atom. The van der Waals surface area contributed by atoms with E-state index in [0.29, 0.717) is 13.1 Å². The quantitative estimate of drug-likeness (QED) is 0.365. The Morgan fingerprint density at radius 1 is 1.16 bits per heavy atom. The number of hydrogen-bond acceptors (Lipinski definition) is 6. The summed E-state index contributed by atoms with van der Waals surface area (Å²) in [5.74, 6) is 0.744. The molecule has 0 unspecified atom stereocenters. The molecule has 1 aliphatic rings. The van der Waals surface area contributed by atoms with Crippen LogP contribution in [0, 0.1) is 0 Å². The van der Waals surface area contributed by atoms with E-state index in [-0.39, 0.29) is 11.6 Å². The normalized spacial score (nSPS) is 14.4. The molecule has 0 saturated carbocycles. The number of H-pyrrole nitrogens is 1. The van der Waals surface area contributed by atoms with Gasteiger partial charge in [-0.25, -0.2) is 19.7 Å².